The van der Waals surface area contributed by atoms with E-state index in [0.717, 1.165) is 24.2 Å². The summed E-state index contributed by atoms with van der Waals surface area (Å²) in [6.07, 6.45) is 15.4. The third kappa shape index (κ3) is 5.31. The summed E-state index contributed by atoms with van der Waals surface area (Å²) in [5, 5.41) is 8.77. The van der Waals surface area contributed by atoms with E-state index in [4.69, 9.17) is 5.26 Å². The maximum absolute atomic E-state index is 13.7. The summed E-state index contributed by atoms with van der Waals surface area (Å²) in [5.41, 5.74) is 0.216. The summed E-state index contributed by atoms with van der Waals surface area (Å²) in [5.74, 6) is 2.06. The molecule has 0 bridgehead atoms. The fraction of sp³-hybridized carbons (Fsp3) is 0.708. The second-order valence-electron chi connectivity index (χ2n) is 8.94. The molecule has 0 N–H and O–H groups in total. The van der Waals surface area contributed by atoms with Gasteiger partial charge >= 0.3 is 0 Å². The summed E-state index contributed by atoms with van der Waals surface area (Å²) < 4.78 is 27.5. The number of hydrogen-bond acceptors (Lipinski definition) is 1. The maximum atomic E-state index is 13.7. The van der Waals surface area contributed by atoms with Crippen LogP contribution in [0.5, 0.6) is 0 Å². The number of nitriles is 1. The molecule has 2 aliphatic carbocycles. The van der Waals surface area contributed by atoms with Crippen molar-refractivity contribution >= 4 is 0 Å². The minimum absolute atomic E-state index is 0.465. The first-order chi connectivity index (χ1) is 13.1. The molecule has 3 heteroatoms. The van der Waals surface area contributed by atoms with Gasteiger partial charge in [0, 0.05) is 0 Å². The Morgan fingerprint density at radius 2 is 1.33 bits per heavy atom. The molecule has 2 fully saturated rings. The minimum atomic E-state index is -0.727. The second kappa shape index (κ2) is 9.67. The molecule has 0 saturated heterocycles. The third-order valence-electron chi connectivity index (χ3n) is 7.20. The number of aryl methyl sites for hydroxylation is 1. The molecule has 27 heavy (non-hydrogen) atoms. The van der Waals surface area contributed by atoms with Crippen molar-refractivity contribution in [2.24, 2.45) is 23.7 Å². The van der Waals surface area contributed by atoms with Crippen molar-refractivity contribution in [2.45, 2.75) is 84.0 Å². The lowest BCUT2D eigenvalue weighted by Gasteiger charge is -2.38. The highest BCUT2D eigenvalue weighted by Crippen LogP contribution is 2.43. The normalized spacial score (nSPS) is 28.7. The van der Waals surface area contributed by atoms with Crippen molar-refractivity contribution in [3.63, 3.8) is 0 Å². The van der Waals surface area contributed by atoms with Gasteiger partial charge in [-0.2, -0.15) is 5.26 Å². The van der Waals surface area contributed by atoms with Crippen LogP contribution in [0.25, 0.3) is 0 Å². The Bertz CT molecular complexity index is 624. The standard InChI is InChI=1S/C24H33F2N/c1-2-3-17-6-10-20(11-7-17)21-12-8-18(9-13-21)4-5-19-14-23(25)22(16-27)24(26)15-19/h14-15,17-18,20-21H,2-13H2,1H3/t17-,18?,20-,21?. The van der Waals surface area contributed by atoms with Gasteiger partial charge in [-0.3, -0.25) is 0 Å². The Balaban J connectivity index is 1.42. The highest BCUT2D eigenvalue weighted by molar-refractivity contribution is 5.35. The molecule has 0 heterocycles. The summed E-state index contributed by atoms with van der Waals surface area (Å²) >= 11 is 0. The topological polar surface area (TPSA) is 23.8 Å². The molecule has 2 saturated carbocycles. The summed E-state index contributed by atoms with van der Waals surface area (Å²) in [4.78, 5) is 0. The summed E-state index contributed by atoms with van der Waals surface area (Å²) in [6.45, 7) is 2.30. The molecule has 148 valence electrons. The van der Waals surface area contributed by atoms with Gasteiger partial charge in [-0.1, -0.05) is 45.4 Å². The van der Waals surface area contributed by atoms with Gasteiger partial charge in [0.05, 0.1) is 0 Å². The number of benzene rings is 1. The highest BCUT2D eigenvalue weighted by Gasteiger charge is 2.30. The monoisotopic (exact) mass is 373 g/mol. The largest absolute Gasteiger partial charge is 0.205 e. The Labute approximate surface area is 163 Å². The van der Waals surface area contributed by atoms with Crippen LogP contribution >= 0.6 is 0 Å². The Morgan fingerprint density at radius 3 is 1.78 bits per heavy atom. The van der Waals surface area contributed by atoms with E-state index in [9.17, 15) is 8.78 Å². The van der Waals surface area contributed by atoms with Crippen molar-refractivity contribution in [1.29, 1.82) is 5.26 Å². The van der Waals surface area contributed by atoms with Gasteiger partial charge < -0.3 is 0 Å². The van der Waals surface area contributed by atoms with Crippen LogP contribution in [0.4, 0.5) is 8.78 Å². The number of nitrogens with zero attached hydrogens (tertiary/aromatic N) is 1. The minimum Gasteiger partial charge on any atom is -0.205 e. The van der Waals surface area contributed by atoms with Crippen LogP contribution in [0.2, 0.25) is 0 Å². The van der Waals surface area contributed by atoms with Crippen LogP contribution in [0.3, 0.4) is 0 Å². The smallest absolute Gasteiger partial charge is 0.144 e. The van der Waals surface area contributed by atoms with Gasteiger partial charge in [0.15, 0.2) is 0 Å². The van der Waals surface area contributed by atoms with Crippen molar-refractivity contribution < 1.29 is 8.78 Å². The zero-order chi connectivity index (χ0) is 19.2. The van der Waals surface area contributed by atoms with E-state index < -0.39 is 17.2 Å². The quantitative estimate of drug-likeness (QED) is 0.518. The first-order valence-electron chi connectivity index (χ1n) is 11.0. The van der Waals surface area contributed by atoms with Crippen LogP contribution in [0.1, 0.15) is 88.7 Å². The van der Waals surface area contributed by atoms with E-state index in [1.54, 1.807) is 6.07 Å². The predicted molar refractivity (Wildman–Crippen MR) is 105 cm³/mol. The van der Waals surface area contributed by atoms with Gasteiger partial charge in [0.1, 0.15) is 23.3 Å². The molecule has 1 aromatic carbocycles. The molecule has 0 atom stereocenters. The molecule has 0 unspecified atom stereocenters. The van der Waals surface area contributed by atoms with E-state index in [2.05, 4.69) is 6.92 Å². The van der Waals surface area contributed by atoms with Gasteiger partial charge in [0.2, 0.25) is 0 Å². The molecule has 0 aliphatic heterocycles. The fourth-order valence-electron chi connectivity index (χ4n) is 5.55. The van der Waals surface area contributed by atoms with E-state index in [1.807, 2.05) is 0 Å². The van der Waals surface area contributed by atoms with Crippen LogP contribution in [0.15, 0.2) is 12.1 Å². The van der Waals surface area contributed by atoms with E-state index in [1.165, 1.54) is 76.3 Å². The molecule has 0 spiro atoms. The number of hydrogen-bond donors (Lipinski definition) is 0. The highest BCUT2D eigenvalue weighted by atomic mass is 19.1. The summed E-state index contributed by atoms with van der Waals surface area (Å²) in [6, 6.07) is 4.26. The number of rotatable bonds is 6. The first-order valence-corrected chi connectivity index (χ1v) is 11.0. The first kappa shape index (κ1) is 20.3. The molecule has 0 radical (unpaired) electrons. The van der Waals surface area contributed by atoms with E-state index in [0.29, 0.717) is 17.9 Å². The fourth-order valence-corrected chi connectivity index (χ4v) is 5.55. The van der Waals surface area contributed by atoms with E-state index >= 15 is 0 Å². The lowest BCUT2D eigenvalue weighted by molar-refractivity contribution is 0.141. The molecule has 2 aliphatic rings. The molecular weight excluding hydrogens is 340 g/mol. The lowest BCUT2D eigenvalue weighted by atomic mass is 9.68. The van der Waals surface area contributed by atoms with Crippen molar-refractivity contribution in [2.75, 3.05) is 0 Å². The zero-order valence-corrected chi connectivity index (χ0v) is 16.7. The molecule has 3 rings (SSSR count). The molecule has 0 aromatic heterocycles. The average molecular weight is 374 g/mol. The van der Waals surface area contributed by atoms with E-state index in [-0.39, 0.29) is 0 Å². The van der Waals surface area contributed by atoms with Crippen molar-refractivity contribution in [3.8, 4) is 6.07 Å². The third-order valence-corrected chi connectivity index (χ3v) is 7.20. The van der Waals surface area contributed by atoms with Gasteiger partial charge in [-0.25, -0.2) is 8.78 Å². The summed E-state index contributed by atoms with van der Waals surface area (Å²) in [7, 11) is 0. The maximum Gasteiger partial charge on any atom is 0.144 e. The van der Waals surface area contributed by atoms with Gasteiger partial charge in [-0.05, 0) is 79.9 Å². The average Bonchev–Trinajstić information content (AvgIpc) is 2.67. The van der Waals surface area contributed by atoms with Crippen LogP contribution < -0.4 is 0 Å². The predicted octanol–water partition coefficient (Wildman–Crippen LogP) is 7.18. The van der Waals surface area contributed by atoms with Crippen LogP contribution in [-0.4, -0.2) is 0 Å². The van der Waals surface area contributed by atoms with Crippen molar-refractivity contribution in [1.82, 2.24) is 0 Å². The Hall–Kier alpha value is -1.43. The van der Waals surface area contributed by atoms with Gasteiger partial charge in [0.25, 0.3) is 0 Å². The Kier molecular flexibility index (Phi) is 7.27. The number of halogens is 2. The molecule has 1 nitrogen and oxygen atoms in total. The molecule has 0 amide bonds. The van der Waals surface area contributed by atoms with Crippen LogP contribution in [-0.2, 0) is 6.42 Å². The molecule has 1 aromatic rings. The Morgan fingerprint density at radius 1 is 0.852 bits per heavy atom. The van der Waals surface area contributed by atoms with Crippen LogP contribution in [0, 0.1) is 46.6 Å². The van der Waals surface area contributed by atoms with Gasteiger partial charge in [-0.15, -0.1) is 0 Å². The lowest BCUT2D eigenvalue weighted by Crippen LogP contribution is -2.26. The SMILES string of the molecule is CCC[C@H]1CC[C@H](C2CCC(CCc3cc(F)c(C#N)c(F)c3)CC2)CC1. The van der Waals surface area contributed by atoms with Crippen molar-refractivity contribution in [3.05, 3.63) is 34.9 Å². The second-order valence-corrected chi connectivity index (χ2v) is 8.94. The zero-order valence-electron chi connectivity index (χ0n) is 16.7. The molecular formula is C24H33F2N.